The maximum atomic E-state index is 14.3. The topological polar surface area (TPSA) is 50.6 Å². The fourth-order valence-corrected chi connectivity index (χ4v) is 4.58. The molecule has 5 rings (SSSR count). The first kappa shape index (κ1) is 24.2. The van der Waals surface area contributed by atoms with Crippen molar-refractivity contribution < 1.29 is 13.9 Å². The lowest BCUT2D eigenvalue weighted by molar-refractivity contribution is 0.0737. The molecule has 1 amide bonds. The molecule has 0 radical (unpaired) electrons. The van der Waals surface area contributed by atoms with Crippen LogP contribution in [0.25, 0.3) is 16.9 Å². The number of rotatable bonds is 5. The van der Waals surface area contributed by atoms with E-state index >= 15 is 0 Å². The number of piperazine rings is 1. The Bertz CT molecular complexity index is 1420. The Morgan fingerprint density at radius 3 is 2.42 bits per heavy atom. The number of para-hydroxylation sites is 1. The highest BCUT2D eigenvalue weighted by atomic mass is 35.5. The predicted molar refractivity (Wildman–Crippen MR) is 140 cm³/mol. The third-order valence-corrected chi connectivity index (χ3v) is 6.94. The lowest BCUT2D eigenvalue weighted by Crippen LogP contribution is -2.49. The molecule has 0 unspecified atom stereocenters. The van der Waals surface area contributed by atoms with Crippen LogP contribution in [-0.2, 0) is 0 Å². The van der Waals surface area contributed by atoms with E-state index in [9.17, 15) is 9.18 Å². The van der Waals surface area contributed by atoms with Gasteiger partial charge in [-0.25, -0.2) is 9.07 Å². The molecule has 0 saturated carbocycles. The number of nitrogens with zero attached hydrogens (tertiary/aromatic N) is 4. The highest BCUT2D eigenvalue weighted by molar-refractivity contribution is 6.42. The van der Waals surface area contributed by atoms with Gasteiger partial charge in [-0.05, 0) is 48.5 Å². The van der Waals surface area contributed by atoms with E-state index < -0.39 is 0 Å². The summed E-state index contributed by atoms with van der Waals surface area (Å²) in [6, 6.07) is 21.1. The lowest BCUT2D eigenvalue weighted by atomic mass is 10.1. The van der Waals surface area contributed by atoms with E-state index in [4.69, 9.17) is 33.0 Å². The van der Waals surface area contributed by atoms with Crippen LogP contribution in [0, 0.1) is 5.82 Å². The molecule has 9 heteroatoms. The Hall–Kier alpha value is -3.55. The quantitative estimate of drug-likeness (QED) is 0.323. The zero-order valence-electron chi connectivity index (χ0n) is 19.5. The molecule has 1 fully saturated rings. The number of halogens is 3. The van der Waals surface area contributed by atoms with Crippen molar-refractivity contribution >= 4 is 34.8 Å². The Morgan fingerprint density at radius 2 is 1.69 bits per heavy atom. The Kier molecular flexibility index (Phi) is 6.85. The Balaban J connectivity index is 1.47. The average Bonchev–Trinajstić information content (AvgIpc) is 3.36. The summed E-state index contributed by atoms with van der Waals surface area (Å²) in [7, 11) is 1.60. The van der Waals surface area contributed by atoms with Crippen LogP contribution in [0.15, 0.2) is 72.8 Å². The van der Waals surface area contributed by atoms with Crippen LogP contribution >= 0.6 is 23.2 Å². The van der Waals surface area contributed by atoms with E-state index in [0.717, 1.165) is 5.56 Å². The zero-order valence-corrected chi connectivity index (χ0v) is 21.0. The second kappa shape index (κ2) is 10.2. The smallest absolute Gasteiger partial charge is 0.272 e. The highest BCUT2D eigenvalue weighted by Gasteiger charge is 2.27. The molecular weight excluding hydrogens is 502 g/mol. The highest BCUT2D eigenvalue weighted by Crippen LogP contribution is 2.29. The molecule has 184 valence electrons. The number of amides is 1. The van der Waals surface area contributed by atoms with Gasteiger partial charge in [-0.1, -0.05) is 47.5 Å². The number of aromatic nitrogens is 2. The molecular formula is C27H23Cl2FN4O2. The Morgan fingerprint density at radius 1 is 0.917 bits per heavy atom. The third-order valence-electron chi connectivity index (χ3n) is 6.20. The molecule has 1 aromatic heterocycles. The average molecular weight is 525 g/mol. The van der Waals surface area contributed by atoms with Crippen molar-refractivity contribution in [3.05, 3.63) is 94.4 Å². The summed E-state index contributed by atoms with van der Waals surface area (Å²) < 4.78 is 21.2. The van der Waals surface area contributed by atoms with Crippen LogP contribution < -0.4 is 9.64 Å². The molecule has 2 heterocycles. The predicted octanol–water partition coefficient (Wildman–Crippen LogP) is 5.96. The minimum atomic E-state index is -0.266. The van der Waals surface area contributed by atoms with Gasteiger partial charge in [-0.15, -0.1) is 0 Å². The second-order valence-electron chi connectivity index (χ2n) is 8.39. The van der Waals surface area contributed by atoms with Gasteiger partial charge < -0.3 is 14.5 Å². The standard InChI is InChI=1S/C27H23Cl2FN4O2/c1-36-20-6-4-5-18(15-20)24-17-26(34(31-24)19-9-10-21(28)22(29)16-19)27(35)33-13-11-32(12-14-33)25-8-3-2-7-23(25)30/h2-10,15-17H,11-14H2,1H3. The van der Waals surface area contributed by atoms with Crippen molar-refractivity contribution in [2.75, 3.05) is 38.2 Å². The Labute approximate surface area is 218 Å². The van der Waals surface area contributed by atoms with Crippen LogP contribution in [-0.4, -0.2) is 53.9 Å². The van der Waals surface area contributed by atoms with Crippen molar-refractivity contribution in [1.82, 2.24) is 14.7 Å². The lowest BCUT2D eigenvalue weighted by Gasteiger charge is -2.36. The van der Waals surface area contributed by atoms with Gasteiger partial charge in [0.1, 0.15) is 17.3 Å². The van der Waals surface area contributed by atoms with Gasteiger partial charge in [0, 0.05) is 31.7 Å². The number of benzene rings is 3. The van der Waals surface area contributed by atoms with Crippen LogP contribution in [0.3, 0.4) is 0 Å². The summed E-state index contributed by atoms with van der Waals surface area (Å²) in [4.78, 5) is 17.4. The SMILES string of the molecule is COc1cccc(-c2cc(C(=O)N3CCN(c4ccccc4F)CC3)n(-c3ccc(Cl)c(Cl)c3)n2)c1. The fourth-order valence-electron chi connectivity index (χ4n) is 4.29. The normalized spacial score (nSPS) is 13.7. The number of ether oxygens (including phenoxy) is 1. The van der Waals surface area contributed by atoms with Crippen LogP contribution in [0.5, 0.6) is 5.75 Å². The maximum Gasteiger partial charge on any atom is 0.272 e. The van der Waals surface area contributed by atoms with Crippen LogP contribution in [0.2, 0.25) is 10.0 Å². The van der Waals surface area contributed by atoms with Gasteiger partial charge in [0.15, 0.2) is 0 Å². The molecule has 0 atom stereocenters. The summed E-state index contributed by atoms with van der Waals surface area (Å²) in [5.41, 5.74) is 2.99. The van der Waals surface area contributed by atoms with Crippen molar-refractivity contribution in [3.63, 3.8) is 0 Å². The first-order valence-corrected chi connectivity index (χ1v) is 12.2. The fraction of sp³-hybridized carbons (Fsp3) is 0.185. The third kappa shape index (κ3) is 4.76. The molecule has 3 aromatic carbocycles. The molecule has 0 spiro atoms. The van der Waals surface area contributed by atoms with Gasteiger partial charge in [-0.3, -0.25) is 4.79 Å². The molecule has 1 aliphatic heterocycles. The van der Waals surface area contributed by atoms with Crippen LogP contribution in [0.4, 0.5) is 10.1 Å². The second-order valence-corrected chi connectivity index (χ2v) is 9.20. The minimum Gasteiger partial charge on any atom is -0.497 e. The van der Waals surface area contributed by atoms with E-state index in [-0.39, 0.29) is 11.7 Å². The van der Waals surface area contributed by atoms with E-state index in [2.05, 4.69) is 0 Å². The van der Waals surface area contributed by atoms with Gasteiger partial charge in [0.2, 0.25) is 0 Å². The summed E-state index contributed by atoms with van der Waals surface area (Å²) in [6.45, 7) is 1.95. The van der Waals surface area contributed by atoms with Crippen molar-refractivity contribution in [3.8, 4) is 22.7 Å². The first-order valence-electron chi connectivity index (χ1n) is 11.4. The molecule has 1 saturated heterocycles. The van der Waals surface area contributed by atoms with E-state index in [1.54, 1.807) is 53.1 Å². The number of hydrogen-bond acceptors (Lipinski definition) is 4. The molecule has 0 aliphatic carbocycles. The molecule has 6 nitrogen and oxygen atoms in total. The van der Waals surface area contributed by atoms with Crippen molar-refractivity contribution in [2.24, 2.45) is 0 Å². The van der Waals surface area contributed by atoms with Gasteiger partial charge in [0.25, 0.3) is 5.91 Å². The monoisotopic (exact) mass is 524 g/mol. The van der Waals surface area contributed by atoms with Crippen molar-refractivity contribution in [2.45, 2.75) is 0 Å². The molecule has 4 aromatic rings. The molecule has 0 N–H and O–H groups in total. The summed E-state index contributed by atoms with van der Waals surface area (Å²) in [5.74, 6) is 0.252. The van der Waals surface area contributed by atoms with E-state index in [1.807, 2.05) is 35.2 Å². The van der Waals surface area contributed by atoms with E-state index in [0.29, 0.717) is 64.7 Å². The molecule has 0 bridgehead atoms. The summed E-state index contributed by atoms with van der Waals surface area (Å²) >= 11 is 12.4. The molecule has 1 aliphatic rings. The molecule has 36 heavy (non-hydrogen) atoms. The first-order chi connectivity index (χ1) is 17.4. The number of hydrogen-bond donors (Lipinski definition) is 0. The largest absolute Gasteiger partial charge is 0.497 e. The van der Waals surface area contributed by atoms with Gasteiger partial charge in [0.05, 0.1) is 34.2 Å². The van der Waals surface area contributed by atoms with Crippen molar-refractivity contribution in [1.29, 1.82) is 0 Å². The number of carbonyl (C=O) groups excluding carboxylic acids is 1. The van der Waals surface area contributed by atoms with Crippen LogP contribution in [0.1, 0.15) is 10.5 Å². The number of methoxy groups -OCH3 is 1. The number of carbonyl (C=O) groups is 1. The van der Waals surface area contributed by atoms with Gasteiger partial charge >= 0.3 is 0 Å². The maximum absolute atomic E-state index is 14.3. The minimum absolute atomic E-state index is 0.170. The zero-order chi connectivity index (χ0) is 25.2. The van der Waals surface area contributed by atoms with E-state index in [1.165, 1.54) is 6.07 Å². The number of anilines is 1. The summed E-state index contributed by atoms with van der Waals surface area (Å²) in [6.07, 6.45) is 0. The van der Waals surface area contributed by atoms with Gasteiger partial charge in [-0.2, -0.15) is 5.10 Å². The summed E-state index contributed by atoms with van der Waals surface area (Å²) in [5, 5.41) is 5.52.